The predicted octanol–water partition coefficient (Wildman–Crippen LogP) is 4.36. The second-order valence-corrected chi connectivity index (χ2v) is 8.25. The molecule has 0 bridgehead atoms. The van der Waals surface area contributed by atoms with Crippen LogP contribution in [-0.4, -0.2) is 67.9 Å². The molecular weight excluding hydrogens is 366 g/mol. The van der Waals surface area contributed by atoms with E-state index in [4.69, 9.17) is 9.47 Å². The molecule has 1 aromatic carbocycles. The minimum Gasteiger partial charge on any atom is -0.494 e. The van der Waals surface area contributed by atoms with Crippen LogP contribution in [0.4, 0.5) is 10.5 Å². The number of hydrogen-bond acceptors (Lipinski definition) is 5. The molecule has 2 heterocycles. The normalized spacial score (nSPS) is 17.7. The third kappa shape index (κ3) is 7.86. The Labute approximate surface area is 175 Å². The van der Waals surface area contributed by atoms with Crippen LogP contribution in [0.5, 0.6) is 5.75 Å². The van der Waals surface area contributed by atoms with Crippen LogP contribution in [0, 0.1) is 0 Å². The minimum atomic E-state index is -0.378. The van der Waals surface area contributed by atoms with Gasteiger partial charge in [-0.15, -0.1) is 0 Å². The molecule has 2 fully saturated rings. The fourth-order valence-electron chi connectivity index (χ4n) is 4.14. The molecule has 0 spiro atoms. The van der Waals surface area contributed by atoms with E-state index in [0.717, 1.165) is 51.4 Å². The Morgan fingerprint density at radius 1 is 1.03 bits per heavy atom. The van der Waals surface area contributed by atoms with Crippen LogP contribution in [0.2, 0.25) is 0 Å². The maximum Gasteiger partial charge on any atom is 0.411 e. The van der Waals surface area contributed by atoms with Gasteiger partial charge in [-0.05, 0) is 70.4 Å². The lowest BCUT2D eigenvalue weighted by molar-refractivity contribution is 0.0636. The van der Waals surface area contributed by atoms with Crippen LogP contribution in [0.15, 0.2) is 24.3 Å². The Kier molecular flexibility index (Phi) is 9.09. The Morgan fingerprint density at radius 2 is 1.69 bits per heavy atom. The maximum absolute atomic E-state index is 12.6. The summed E-state index contributed by atoms with van der Waals surface area (Å²) in [6.07, 6.45) is 7.89. The highest BCUT2D eigenvalue weighted by molar-refractivity contribution is 5.85. The van der Waals surface area contributed by atoms with Crippen LogP contribution in [0.1, 0.15) is 51.9 Å². The summed E-state index contributed by atoms with van der Waals surface area (Å²) in [6, 6.07) is 7.56. The second kappa shape index (κ2) is 12.0. The van der Waals surface area contributed by atoms with Gasteiger partial charge in [-0.3, -0.25) is 15.1 Å². The van der Waals surface area contributed by atoms with Crippen LogP contribution in [-0.2, 0) is 4.74 Å². The third-order valence-electron chi connectivity index (χ3n) is 5.69. The van der Waals surface area contributed by atoms with Crippen molar-refractivity contribution in [3.8, 4) is 5.75 Å². The van der Waals surface area contributed by atoms with E-state index < -0.39 is 0 Å². The molecule has 2 saturated heterocycles. The standard InChI is InChI=1S/C23H37N3O3/c1-2-3-8-16-28-21-11-9-10-20(17-21)24-23(27)29-22(18-25-12-4-5-13-25)19-26-14-6-7-15-26/h9-11,17,22H,2-8,12-16,18-19H2,1H3,(H,24,27). The van der Waals surface area contributed by atoms with Crippen molar-refractivity contribution in [1.29, 1.82) is 0 Å². The number of benzene rings is 1. The molecule has 3 rings (SSSR count). The first-order chi connectivity index (χ1) is 14.2. The molecule has 0 saturated carbocycles. The first-order valence-electron chi connectivity index (χ1n) is 11.4. The quantitative estimate of drug-likeness (QED) is 0.556. The van der Waals surface area contributed by atoms with Gasteiger partial charge in [0.2, 0.25) is 0 Å². The number of nitrogens with zero attached hydrogens (tertiary/aromatic N) is 2. The molecule has 1 N–H and O–H groups in total. The molecule has 2 aliphatic heterocycles. The maximum atomic E-state index is 12.6. The molecule has 2 aliphatic rings. The van der Waals surface area contributed by atoms with Crippen molar-refractivity contribution < 1.29 is 14.3 Å². The van der Waals surface area contributed by atoms with Gasteiger partial charge in [-0.25, -0.2) is 4.79 Å². The fourth-order valence-corrected chi connectivity index (χ4v) is 4.14. The van der Waals surface area contributed by atoms with Crippen molar-refractivity contribution in [1.82, 2.24) is 9.80 Å². The number of rotatable bonds is 11. The summed E-state index contributed by atoms with van der Waals surface area (Å²) in [5, 5.41) is 2.89. The van der Waals surface area contributed by atoms with Gasteiger partial charge < -0.3 is 9.47 Å². The van der Waals surface area contributed by atoms with Gasteiger partial charge >= 0.3 is 6.09 Å². The van der Waals surface area contributed by atoms with Crippen LogP contribution in [0.25, 0.3) is 0 Å². The summed E-state index contributed by atoms with van der Waals surface area (Å²) >= 11 is 0. The molecule has 1 aromatic rings. The number of ether oxygens (including phenoxy) is 2. The van der Waals surface area contributed by atoms with Gasteiger partial charge in [0.05, 0.1) is 6.61 Å². The first kappa shape index (κ1) is 21.9. The molecular formula is C23H37N3O3. The highest BCUT2D eigenvalue weighted by atomic mass is 16.6. The van der Waals surface area contributed by atoms with E-state index in [1.54, 1.807) is 0 Å². The number of likely N-dealkylation sites (tertiary alicyclic amines) is 2. The molecule has 6 heteroatoms. The van der Waals surface area contributed by atoms with Crippen LogP contribution >= 0.6 is 0 Å². The zero-order chi connectivity index (χ0) is 20.3. The summed E-state index contributed by atoms with van der Waals surface area (Å²) < 4.78 is 11.6. The van der Waals surface area contributed by atoms with E-state index in [1.165, 1.54) is 38.5 Å². The predicted molar refractivity (Wildman–Crippen MR) is 117 cm³/mol. The summed E-state index contributed by atoms with van der Waals surface area (Å²) in [6.45, 7) is 8.97. The second-order valence-electron chi connectivity index (χ2n) is 8.25. The van der Waals surface area contributed by atoms with Gasteiger partial charge in [0, 0.05) is 24.8 Å². The first-order valence-corrected chi connectivity index (χ1v) is 11.4. The third-order valence-corrected chi connectivity index (χ3v) is 5.69. The summed E-state index contributed by atoms with van der Waals surface area (Å²) in [5.74, 6) is 0.782. The number of carbonyl (C=O) groups excluding carboxylic acids is 1. The van der Waals surface area contributed by atoms with E-state index in [0.29, 0.717) is 12.3 Å². The van der Waals surface area contributed by atoms with Crippen molar-refractivity contribution >= 4 is 11.8 Å². The average Bonchev–Trinajstić information content (AvgIpc) is 3.40. The van der Waals surface area contributed by atoms with Crippen molar-refractivity contribution in [3.63, 3.8) is 0 Å². The SMILES string of the molecule is CCCCCOc1cccc(NC(=O)OC(CN2CCCC2)CN2CCCC2)c1. The molecule has 0 atom stereocenters. The molecule has 0 radical (unpaired) electrons. The summed E-state index contributed by atoms with van der Waals surface area (Å²) in [5.41, 5.74) is 0.712. The molecule has 1 amide bonds. The van der Waals surface area contributed by atoms with Gasteiger partial charge in [-0.1, -0.05) is 25.8 Å². The van der Waals surface area contributed by atoms with Crippen molar-refractivity contribution in [2.24, 2.45) is 0 Å². The zero-order valence-electron chi connectivity index (χ0n) is 17.9. The highest BCUT2D eigenvalue weighted by Crippen LogP contribution is 2.19. The van der Waals surface area contributed by atoms with Crippen LogP contribution < -0.4 is 10.1 Å². The highest BCUT2D eigenvalue weighted by Gasteiger charge is 2.24. The number of anilines is 1. The lowest BCUT2D eigenvalue weighted by atomic mass is 10.2. The zero-order valence-corrected chi connectivity index (χ0v) is 17.9. The number of amides is 1. The summed E-state index contributed by atoms with van der Waals surface area (Å²) in [7, 11) is 0. The van der Waals surface area contributed by atoms with Gasteiger partial charge in [-0.2, -0.15) is 0 Å². The van der Waals surface area contributed by atoms with Gasteiger partial charge in [0.25, 0.3) is 0 Å². The van der Waals surface area contributed by atoms with Crippen molar-refractivity contribution in [2.75, 3.05) is 51.2 Å². The van der Waals surface area contributed by atoms with E-state index >= 15 is 0 Å². The Hall–Kier alpha value is -1.79. The summed E-state index contributed by atoms with van der Waals surface area (Å²) in [4.78, 5) is 17.4. The van der Waals surface area contributed by atoms with Crippen molar-refractivity contribution in [2.45, 2.75) is 58.0 Å². The van der Waals surface area contributed by atoms with E-state index in [2.05, 4.69) is 22.0 Å². The van der Waals surface area contributed by atoms with Gasteiger partial charge in [0.15, 0.2) is 0 Å². The molecule has 6 nitrogen and oxygen atoms in total. The monoisotopic (exact) mass is 403 g/mol. The number of hydrogen-bond donors (Lipinski definition) is 1. The molecule has 29 heavy (non-hydrogen) atoms. The number of carbonyl (C=O) groups is 1. The Bertz CT molecular complexity index is 595. The lowest BCUT2D eigenvalue weighted by Gasteiger charge is -2.27. The Balaban J connectivity index is 1.50. The van der Waals surface area contributed by atoms with Crippen molar-refractivity contribution in [3.05, 3.63) is 24.3 Å². The number of unbranched alkanes of at least 4 members (excludes halogenated alkanes) is 2. The van der Waals surface area contributed by atoms with E-state index in [9.17, 15) is 4.79 Å². The number of nitrogens with one attached hydrogen (secondary N) is 1. The molecule has 0 aromatic heterocycles. The van der Waals surface area contributed by atoms with E-state index in [-0.39, 0.29) is 12.2 Å². The molecule has 0 aliphatic carbocycles. The van der Waals surface area contributed by atoms with Gasteiger partial charge in [0.1, 0.15) is 11.9 Å². The molecule has 162 valence electrons. The van der Waals surface area contributed by atoms with E-state index in [1.807, 2.05) is 24.3 Å². The average molecular weight is 404 g/mol. The largest absolute Gasteiger partial charge is 0.494 e. The lowest BCUT2D eigenvalue weighted by Crippen LogP contribution is -2.41. The minimum absolute atomic E-state index is 0.0975. The molecule has 0 unspecified atom stereocenters. The fraction of sp³-hybridized carbons (Fsp3) is 0.696. The topological polar surface area (TPSA) is 54.0 Å². The Morgan fingerprint density at radius 3 is 2.31 bits per heavy atom. The smallest absolute Gasteiger partial charge is 0.411 e. The van der Waals surface area contributed by atoms with Crippen LogP contribution in [0.3, 0.4) is 0 Å².